The number of hydrogen-bond donors (Lipinski definition) is 1. The molecule has 2 N–H and O–H groups in total. The van der Waals surface area contributed by atoms with Crippen LogP contribution in [0.5, 0.6) is 0 Å². The van der Waals surface area contributed by atoms with Gasteiger partial charge in [-0.3, -0.25) is 0 Å². The summed E-state index contributed by atoms with van der Waals surface area (Å²) in [5.41, 5.74) is 5.83. The second kappa shape index (κ2) is 5.69. The number of rotatable bonds is 5. The zero-order valence-corrected chi connectivity index (χ0v) is 11.7. The second-order valence-electron chi connectivity index (χ2n) is 4.63. The van der Waals surface area contributed by atoms with Gasteiger partial charge in [0.2, 0.25) is 0 Å². The van der Waals surface area contributed by atoms with Crippen LogP contribution in [0.2, 0.25) is 0 Å². The molecule has 2 rings (SSSR count). The normalized spacial score (nSPS) is 10.7. The van der Waals surface area contributed by atoms with Gasteiger partial charge in [-0.25, -0.2) is 15.0 Å². The lowest BCUT2D eigenvalue weighted by Gasteiger charge is -2.18. The molecule has 0 amide bonds. The fourth-order valence-electron chi connectivity index (χ4n) is 1.88. The fourth-order valence-corrected chi connectivity index (χ4v) is 1.88. The van der Waals surface area contributed by atoms with Gasteiger partial charge in [-0.1, -0.05) is 6.92 Å². The van der Waals surface area contributed by atoms with Gasteiger partial charge in [0.1, 0.15) is 23.3 Å². The van der Waals surface area contributed by atoms with Crippen LogP contribution >= 0.6 is 0 Å². The molecule has 2 aromatic rings. The summed E-state index contributed by atoms with van der Waals surface area (Å²) in [4.78, 5) is 15.1. The molecule has 0 aromatic carbocycles. The van der Waals surface area contributed by atoms with E-state index in [0.29, 0.717) is 12.4 Å². The molecule has 0 atom stereocenters. The van der Waals surface area contributed by atoms with Crippen molar-refractivity contribution < 1.29 is 0 Å². The van der Waals surface area contributed by atoms with E-state index in [1.165, 1.54) is 0 Å². The van der Waals surface area contributed by atoms with Crippen LogP contribution < -0.4 is 10.6 Å². The fraction of sp³-hybridized carbons (Fsp3) is 0.462. The lowest BCUT2D eigenvalue weighted by Crippen LogP contribution is -2.21. The average molecular weight is 260 g/mol. The van der Waals surface area contributed by atoms with Crippen molar-refractivity contribution in [3.63, 3.8) is 0 Å². The van der Waals surface area contributed by atoms with Crippen molar-refractivity contribution in [3.05, 3.63) is 30.1 Å². The van der Waals surface area contributed by atoms with Gasteiger partial charge in [-0.05, 0) is 6.42 Å². The third kappa shape index (κ3) is 3.21. The van der Waals surface area contributed by atoms with Gasteiger partial charge in [-0.2, -0.15) is 0 Å². The minimum Gasteiger partial charge on any atom is -0.384 e. The molecule has 6 nitrogen and oxygen atoms in total. The van der Waals surface area contributed by atoms with Gasteiger partial charge in [0.15, 0.2) is 0 Å². The van der Waals surface area contributed by atoms with Gasteiger partial charge >= 0.3 is 0 Å². The highest BCUT2D eigenvalue weighted by atomic mass is 15.2. The van der Waals surface area contributed by atoms with E-state index in [9.17, 15) is 0 Å². The summed E-state index contributed by atoms with van der Waals surface area (Å²) in [6.07, 6.45) is 5.57. The van der Waals surface area contributed by atoms with E-state index >= 15 is 0 Å². The van der Waals surface area contributed by atoms with E-state index < -0.39 is 0 Å². The van der Waals surface area contributed by atoms with Crippen LogP contribution in [-0.2, 0) is 20.0 Å². The van der Waals surface area contributed by atoms with Crippen LogP contribution in [0.15, 0.2) is 18.5 Å². The zero-order valence-electron chi connectivity index (χ0n) is 11.7. The Morgan fingerprint density at radius 3 is 2.79 bits per heavy atom. The molecule has 0 fully saturated rings. The molecule has 0 aliphatic heterocycles. The van der Waals surface area contributed by atoms with E-state index in [-0.39, 0.29) is 0 Å². The molecular formula is C13H20N6. The molecule has 0 unspecified atom stereocenters. The maximum Gasteiger partial charge on any atom is 0.134 e. The topological polar surface area (TPSA) is 72.9 Å². The first-order chi connectivity index (χ1) is 9.10. The summed E-state index contributed by atoms with van der Waals surface area (Å²) in [5.74, 6) is 3.13. The quantitative estimate of drug-likeness (QED) is 0.879. The summed E-state index contributed by atoms with van der Waals surface area (Å²) in [6, 6.07) is 1.79. The maximum absolute atomic E-state index is 5.83. The molecule has 2 heterocycles. The first kappa shape index (κ1) is 13.3. The number of nitrogens with two attached hydrogens (primary N) is 1. The Morgan fingerprint density at radius 1 is 1.37 bits per heavy atom. The summed E-state index contributed by atoms with van der Waals surface area (Å²) in [6.45, 7) is 2.79. The van der Waals surface area contributed by atoms with E-state index in [0.717, 1.165) is 30.3 Å². The number of anilines is 2. The first-order valence-corrected chi connectivity index (χ1v) is 6.41. The standard InChI is InChI=1S/C13H20N6/c1-4-5-11-16-10(14)8-12(17-11)19(3)9-13-15-6-7-18(13)2/h6-8H,4-5,9H2,1-3H3,(H2,14,16,17). The number of nitrogen functional groups attached to an aromatic ring is 1. The third-order valence-corrected chi connectivity index (χ3v) is 2.94. The van der Waals surface area contributed by atoms with Crippen LogP contribution in [0.25, 0.3) is 0 Å². The average Bonchev–Trinajstić information content (AvgIpc) is 2.75. The molecule has 2 aromatic heterocycles. The predicted molar refractivity (Wildman–Crippen MR) is 75.8 cm³/mol. The summed E-state index contributed by atoms with van der Waals surface area (Å²) in [7, 11) is 3.96. The number of aryl methyl sites for hydroxylation is 2. The van der Waals surface area contributed by atoms with Gasteiger partial charge in [-0.15, -0.1) is 0 Å². The number of nitrogens with zero attached hydrogens (tertiary/aromatic N) is 5. The number of hydrogen-bond acceptors (Lipinski definition) is 5. The molecule has 0 aliphatic carbocycles. The highest BCUT2D eigenvalue weighted by Crippen LogP contribution is 2.15. The minimum absolute atomic E-state index is 0.514. The van der Waals surface area contributed by atoms with E-state index in [4.69, 9.17) is 5.73 Å². The molecule has 0 saturated heterocycles. The van der Waals surface area contributed by atoms with Crippen molar-refractivity contribution in [1.29, 1.82) is 0 Å². The van der Waals surface area contributed by atoms with Crippen molar-refractivity contribution in [1.82, 2.24) is 19.5 Å². The molecule has 0 aliphatic rings. The monoisotopic (exact) mass is 260 g/mol. The van der Waals surface area contributed by atoms with Crippen LogP contribution in [0.1, 0.15) is 25.0 Å². The predicted octanol–water partition coefficient (Wildman–Crippen LogP) is 1.38. The summed E-state index contributed by atoms with van der Waals surface area (Å²) < 4.78 is 1.99. The van der Waals surface area contributed by atoms with Crippen LogP contribution in [-0.4, -0.2) is 26.6 Å². The molecule has 19 heavy (non-hydrogen) atoms. The van der Waals surface area contributed by atoms with E-state index in [1.807, 2.05) is 29.8 Å². The van der Waals surface area contributed by atoms with Crippen molar-refractivity contribution in [2.24, 2.45) is 7.05 Å². The molecular weight excluding hydrogens is 240 g/mol. The second-order valence-corrected chi connectivity index (χ2v) is 4.63. The number of imidazole rings is 1. The zero-order chi connectivity index (χ0) is 13.8. The Kier molecular flexibility index (Phi) is 3.99. The van der Waals surface area contributed by atoms with Gasteiger partial charge in [0, 0.05) is 39.0 Å². The van der Waals surface area contributed by atoms with Gasteiger partial charge in [0.05, 0.1) is 6.54 Å². The Morgan fingerprint density at radius 2 is 2.16 bits per heavy atom. The summed E-state index contributed by atoms with van der Waals surface area (Å²) >= 11 is 0. The summed E-state index contributed by atoms with van der Waals surface area (Å²) in [5, 5.41) is 0. The lowest BCUT2D eigenvalue weighted by atomic mass is 10.3. The molecule has 102 valence electrons. The minimum atomic E-state index is 0.514. The highest BCUT2D eigenvalue weighted by Gasteiger charge is 2.09. The smallest absolute Gasteiger partial charge is 0.134 e. The third-order valence-electron chi connectivity index (χ3n) is 2.94. The Hall–Kier alpha value is -2.11. The van der Waals surface area contributed by atoms with Crippen LogP contribution in [0.4, 0.5) is 11.6 Å². The molecule has 0 spiro atoms. The highest BCUT2D eigenvalue weighted by molar-refractivity contribution is 5.46. The lowest BCUT2D eigenvalue weighted by molar-refractivity contribution is 0.747. The van der Waals surface area contributed by atoms with Gasteiger partial charge in [0.25, 0.3) is 0 Å². The SMILES string of the molecule is CCCc1nc(N)cc(N(C)Cc2nccn2C)n1. The van der Waals surface area contributed by atoms with Crippen molar-refractivity contribution in [2.75, 3.05) is 17.7 Å². The maximum atomic E-state index is 5.83. The van der Waals surface area contributed by atoms with Crippen molar-refractivity contribution >= 4 is 11.6 Å². The molecule has 0 radical (unpaired) electrons. The van der Waals surface area contributed by atoms with Crippen LogP contribution in [0, 0.1) is 0 Å². The molecule has 6 heteroatoms. The van der Waals surface area contributed by atoms with Crippen LogP contribution in [0.3, 0.4) is 0 Å². The largest absolute Gasteiger partial charge is 0.384 e. The first-order valence-electron chi connectivity index (χ1n) is 6.41. The van der Waals surface area contributed by atoms with E-state index in [1.54, 1.807) is 12.3 Å². The molecule has 0 bridgehead atoms. The Balaban J connectivity index is 2.18. The van der Waals surface area contributed by atoms with Crippen molar-refractivity contribution in [2.45, 2.75) is 26.3 Å². The molecule has 0 saturated carbocycles. The number of aromatic nitrogens is 4. The van der Waals surface area contributed by atoms with Crippen molar-refractivity contribution in [3.8, 4) is 0 Å². The Bertz CT molecular complexity index is 548. The van der Waals surface area contributed by atoms with E-state index in [2.05, 4.69) is 21.9 Å². The van der Waals surface area contributed by atoms with Gasteiger partial charge < -0.3 is 15.2 Å². The Labute approximate surface area is 113 Å².